The third-order valence-electron chi connectivity index (χ3n) is 6.00. The molecule has 0 radical (unpaired) electrons. The van der Waals surface area contributed by atoms with Crippen molar-refractivity contribution < 1.29 is 19.0 Å². The first-order chi connectivity index (χ1) is 12.9. The molecule has 0 aliphatic heterocycles. The van der Waals surface area contributed by atoms with Gasteiger partial charge >= 0.3 is 0 Å². The minimum Gasteiger partial charge on any atom is -0.382 e. The quantitative estimate of drug-likeness (QED) is 0.419. The van der Waals surface area contributed by atoms with Gasteiger partial charge in [0.1, 0.15) is 0 Å². The summed E-state index contributed by atoms with van der Waals surface area (Å²) in [4.78, 5) is 13.1. The van der Waals surface area contributed by atoms with Crippen LogP contribution in [0.1, 0.15) is 89.0 Å². The molecule has 1 amide bonds. The Morgan fingerprint density at radius 3 is 1.76 bits per heavy atom. The van der Waals surface area contributed by atoms with Gasteiger partial charge in [0, 0.05) is 18.1 Å². The van der Waals surface area contributed by atoms with Crippen molar-refractivity contribution in [2.45, 2.75) is 100 Å². The van der Waals surface area contributed by atoms with Gasteiger partial charge in [0.25, 0.3) is 0 Å². The van der Waals surface area contributed by atoms with Crippen LogP contribution in [0.2, 0.25) is 0 Å². The normalized spacial score (nSPS) is 14.2. The molecule has 0 atom stereocenters. The predicted octanol–water partition coefficient (Wildman–Crippen LogP) is 5.22. The first kappa shape index (κ1) is 28.4. The molecule has 0 saturated carbocycles. The second-order valence-corrected chi connectivity index (χ2v) is 11.9. The van der Waals surface area contributed by atoms with E-state index in [9.17, 15) is 4.79 Å². The van der Waals surface area contributed by atoms with Crippen LogP contribution in [0, 0.1) is 16.2 Å². The molecule has 0 rings (SSSR count). The Morgan fingerprint density at radius 2 is 1.28 bits per heavy atom. The summed E-state index contributed by atoms with van der Waals surface area (Å²) in [5, 5.41) is 3.28. The fraction of sp³-hybridized carbons (Fsp3) is 0.958. The lowest BCUT2D eigenvalue weighted by molar-refractivity contribution is -0.135. The van der Waals surface area contributed by atoms with Crippen molar-refractivity contribution in [1.29, 1.82) is 0 Å². The molecule has 0 heterocycles. The van der Waals surface area contributed by atoms with Crippen LogP contribution < -0.4 is 5.32 Å². The van der Waals surface area contributed by atoms with Crippen molar-refractivity contribution in [2.24, 2.45) is 16.2 Å². The van der Waals surface area contributed by atoms with Crippen molar-refractivity contribution in [3.8, 4) is 0 Å². The minimum absolute atomic E-state index is 0.0448. The van der Waals surface area contributed by atoms with Crippen LogP contribution in [0.5, 0.6) is 0 Å². The van der Waals surface area contributed by atoms with Gasteiger partial charge in [-0.05, 0) is 51.4 Å². The van der Waals surface area contributed by atoms with Crippen LogP contribution in [0.15, 0.2) is 0 Å². The van der Waals surface area contributed by atoms with Gasteiger partial charge in [0.2, 0.25) is 5.91 Å². The largest absolute Gasteiger partial charge is 0.382 e. The Morgan fingerprint density at radius 1 is 0.759 bits per heavy atom. The molecule has 0 fully saturated rings. The van der Waals surface area contributed by atoms with Crippen molar-refractivity contribution in [3.05, 3.63) is 0 Å². The topological polar surface area (TPSA) is 56.8 Å². The maximum Gasteiger partial charge on any atom is 0.226 e. The fourth-order valence-corrected chi connectivity index (χ4v) is 3.71. The lowest BCUT2D eigenvalue weighted by Crippen LogP contribution is -2.53. The molecular formula is C24H49NO4. The van der Waals surface area contributed by atoms with E-state index in [4.69, 9.17) is 14.2 Å². The van der Waals surface area contributed by atoms with Crippen LogP contribution in [0.3, 0.4) is 0 Å². The molecule has 1 N–H and O–H groups in total. The smallest absolute Gasteiger partial charge is 0.226 e. The molecule has 0 aliphatic rings. The summed E-state index contributed by atoms with van der Waals surface area (Å²) in [5.41, 5.74) is -1.02. The second kappa shape index (κ2) is 10.6. The zero-order valence-electron chi connectivity index (χ0n) is 21.4. The van der Waals surface area contributed by atoms with Gasteiger partial charge in [-0.15, -0.1) is 0 Å². The van der Waals surface area contributed by atoms with Crippen LogP contribution in [-0.2, 0) is 19.0 Å². The van der Waals surface area contributed by atoms with Gasteiger partial charge in [0.05, 0.1) is 32.0 Å². The molecule has 174 valence electrons. The van der Waals surface area contributed by atoms with Gasteiger partial charge in [-0.25, -0.2) is 0 Å². The molecule has 29 heavy (non-hydrogen) atoms. The SMILES string of the molecule is COCCOCCOC(C)(C)CC(C)(C)NC(=O)C(C)(C)CC(C)(C)C(C)(C)C. The van der Waals surface area contributed by atoms with E-state index in [0.717, 1.165) is 6.42 Å². The zero-order valence-corrected chi connectivity index (χ0v) is 21.4. The Kier molecular flexibility index (Phi) is 10.4. The van der Waals surface area contributed by atoms with E-state index in [1.54, 1.807) is 7.11 Å². The molecule has 0 aliphatic carbocycles. The molecule has 0 aromatic carbocycles. The summed E-state index contributed by atoms with van der Waals surface area (Å²) in [5.74, 6) is 0.0959. The van der Waals surface area contributed by atoms with E-state index in [1.807, 2.05) is 13.8 Å². The van der Waals surface area contributed by atoms with E-state index in [0.29, 0.717) is 32.8 Å². The number of carbonyl (C=O) groups excluding carboxylic acids is 1. The highest BCUT2D eigenvalue weighted by Crippen LogP contribution is 2.46. The molecule has 5 nitrogen and oxygen atoms in total. The summed E-state index contributed by atoms with van der Waals surface area (Å²) in [6, 6.07) is 0. The minimum atomic E-state index is -0.450. The van der Waals surface area contributed by atoms with E-state index in [1.165, 1.54) is 0 Å². The number of rotatable bonds is 13. The molecule has 0 aromatic heterocycles. The van der Waals surface area contributed by atoms with Gasteiger partial charge in [0.15, 0.2) is 0 Å². The monoisotopic (exact) mass is 415 g/mol. The number of carbonyl (C=O) groups is 1. The summed E-state index contributed by atoms with van der Waals surface area (Å²) in [6.45, 7) is 25.8. The first-order valence-corrected chi connectivity index (χ1v) is 10.9. The molecular weight excluding hydrogens is 366 g/mol. The Balaban J connectivity index is 4.79. The van der Waals surface area contributed by atoms with Crippen molar-refractivity contribution >= 4 is 5.91 Å². The number of hydrogen-bond acceptors (Lipinski definition) is 4. The van der Waals surface area contributed by atoms with Gasteiger partial charge in [-0.3, -0.25) is 4.79 Å². The summed E-state index contributed by atoms with van der Waals surface area (Å²) >= 11 is 0. The highest BCUT2D eigenvalue weighted by atomic mass is 16.5. The van der Waals surface area contributed by atoms with E-state index >= 15 is 0 Å². The Bertz CT molecular complexity index is 502. The molecule has 0 bridgehead atoms. The average Bonchev–Trinajstić information content (AvgIpc) is 2.46. The third kappa shape index (κ3) is 10.8. The fourth-order valence-electron chi connectivity index (χ4n) is 3.71. The molecule has 0 aromatic rings. The maximum absolute atomic E-state index is 13.1. The molecule has 0 unspecified atom stereocenters. The van der Waals surface area contributed by atoms with E-state index < -0.39 is 5.41 Å². The van der Waals surface area contributed by atoms with Crippen molar-refractivity contribution in [3.63, 3.8) is 0 Å². The van der Waals surface area contributed by atoms with E-state index in [2.05, 4.69) is 67.6 Å². The zero-order chi connectivity index (χ0) is 23.1. The number of methoxy groups -OCH3 is 1. The highest BCUT2D eigenvalue weighted by Gasteiger charge is 2.42. The van der Waals surface area contributed by atoms with Gasteiger partial charge in [-0.1, -0.05) is 48.5 Å². The lowest BCUT2D eigenvalue weighted by atomic mass is 9.62. The summed E-state index contributed by atoms with van der Waals surface area (Å²) in [6.07, 6.45) is 1.53. The number of amides is 1. The van der Waals surface area contributed by atoms with Gasteiger partial charge in [-0.2, -0.15) is 0 Å². The number of nitrogens with one attached hydrogen (secondary N) is 1. The summed E-state index contributed by atoms with van der Waals surface area (Å²) in [7, 11) is 1.66. The number of hydrogen-bond donors (Lipinski definition) is 1. The van der Waals surface area contributed by atoms with Crippen LogP contribution >= 0.6 is 0 Å². The van der Waals surface area contributed by atoms with Crippen LogP contribution in [0.25, 0.3) is 0 Å². The Hall–Kier alpha value is -0.650. The Labute approximate surface area is 180 Å². The van der Waals surface area contributed by atoms with Crippen molar-refractivity contribution in [2.75, 3.05) is 33.5 Å². The van der Waals surface area contributed by atoms with Crippen LogP contribution in [-0.4, -0.2) is 50.6 Å². The van der Waals surface area contributed by atoms with E-state index in [-0.39, 0.29) is 27.9 Å². The average molecular weight is 416 g/mol. The molecule has 0 spiro atoms. The first-order valence-electron chi connectivity index (χ1n) is 10.9. The standard InChI is InChI=1S/C24H49NO4/c1-20(2,3)22(6,7)17-21(4,5)19(26)25-23(8,9)18-24(10,11)29-16-15-28-14-13-27-12/h13-18H2,1-12H3,(H,25,26). The van der Waals surface area contributed by atoms with Gasteiger partial charge < -0.3 is 19.5 Å². The highest BCUT2D eigenvalue weighted by molar-refractivity contribution is 5.82. The van der Waals surface area contributed by atoms with Crippen LogP contribution in [0.4, 0.5) is 0 Å². The molecule has 5 heteroatoms. The number of ether oxygens (including phenoxy) is 3. The lowest BCUT2D eigenvalue weighted by Gasteiger charge is -2.44. The predicted molar refractivity (Wildman–Crippen MR) is 121 cm³/mol. The second-order valence-electron chi connectivity index (χ2n) is 11.9. The van der Waals surface area contributed by atoms with Crippen molar-refractivity contribution in [1.82, 2.24) is 5.32 Å². The molecule has 0 saturated heterocycles. The maximum atomic E-state index is 13.1. The summed E-state index contributed by atoms with van der Waals surface area (Å²) < 4.78 is 16.4. The third-order valence-corrected chi connectivity index (χ3v) is 6.00.